The first-order chi connectivity index (χ1) is 3.15. The van der Waals surface area contributed by atoms with Crippen LogP contribution in [0, 0.1) is 0 Å². The standard InChI is InChI=1S/C3H9N.CH2O2.H3N/c1-4(2)3;2-1-3;/h1-3H3;1H,(H,2,3);1H3. The monoisotopic (exact) mass is 122 g/mol. The molecule has 4 nitrogen and oxygen atoms in total. The van der Waals surface area contributed by atoms with Crippen LogP contribution in [0.25, 0.3) is 0 Å². The van der Waals surface area contributed by atoms with Crippen LogP contribution in [0.5, 0.6) is 0 Å². The van der Waals surface area contributed by atoms with Crippen LogP contribution in [-0.2, 0) is 4.79 Å². The van der Waals surface area contributed by atoms with E-state index in [2.05, 4.69) is 0 Å². The van der Waals surface area contributed by atoms with Crippen LogP contribution in [0.4, 0.5) is 0 Å². The maximum atomic E-state index is 8.36. The molecule has 52 valence electrons. The summed E-state index contributed by atoms with van der Waals surface area (Å²) >= 11 is 0. The fourth-order valence-corrected chi connectivity index (χ4v) is 0. The van der Waals surface area contributed by atoms with Gasteiger partial charge in [0, 0.05) is 0 Å². The zero-order valence-corrected chi connectivity index (χ0v) is 5.59. The maximum Gasteiger partial charge on any atom is 0.290 e. The van der Waals surface area contributed by atoms with Crippen molar-refractivity contribution in [2.24, 2.45) is 0 Å². The van der Waals surface area contributed by atoms with Crippen molar-refractivity contribution in [1.29, 1.82) is 0 Å². The highest BCUT2D eigenvalue weighted by atomic mass is 16.3. The average Bonchev–Trinajstić information content (AvgIpc) is 1.33. The van der Waals surface area contributed by atoms with Gasteiger partial charge in [0.2, 0.25) is 0 Å². The highest BCUT2D eigenvalue weighted by Crippen LogP contribution is 1.47. The maximum absolute atomic E-state index is 8.36. The Morgan fingerprint density at radius 3 is 1.38 bits per heavy atom. The fraction of sp³-hybridized carbons (Fsp3) is 0.750. The van der Waals surface area contributed by atoms with E-state index in [1.54, 1.807) is 0 Å². The molecule has 0 fully saturated rings. The van der Waals surface area contributed by atoms with Gasteiger partial charge in [0.05, 0.1) is 0 Å². The summed E-state index contributed by atoms with van der Waals surface area (Å²) in [4.78, 5) is 10.4. The predicted octanol–water partition coefficient (Wildman–Crippen LogP) is 0.0406. The Balaban J connectivity index is -0.0000000575. The van der Waals surface area contributed by atoms with Crippen LogP contribution in [0.1, 0.15) is 0 Å². The molecule has 0 atom stereocenters. The topological polar surface area (TPSA) is 75.5 Å². The third-order valence-electron chi connectivity index (χ3n) is 0. The van der Waals surface area contributed by atoms with E-state index in [0.717, 1.165) is 0 Å². The van der Waals surface area contributed by atoms with Gasteiger partial charge in [-0.1, -0.05) is 0 Å². The van der Waals surface area contributed by atoms with E-state index >= 15 is 0 Å². The first-order valence-electron chi connectivity index (χ1n) is 1.84. The lowest BCUT2D eigenvalue weighted by atomic mass is 11.0. The van der Waals surface area contributed by atoms with Gasteiger partial charge in [-0.3, -0.25) is 4.79 Å². The zero-order valence-electron chi connectivity index (χ0n) is 5.59. The molecule has 4 N–H and O–H groups in total. The third kappa shape index (κ3) is 279. The quantitative estimate of drug-likeness (QED) is 0.445. The molecule has 0 aliphatic carbocycles. The Hall–Kier alpha value is -0.610. The SMILES string of the molecule is CN(C)C.N.O=CO. The number of rotatable bonds is 0. The van der Waals surface area contributed by atoms with Crippen molar-refractivity contribution in [3.63, 3.8) is 0 Å². The number of nitrogens with zero attached hydrogens (tertiary/aromatic N) is 1. The fourth-order valence-electron chi connectivity index (χ4n) is 0. The Kier molecular flexibility index (Phi) is 31.6. The van der Waals surface area contributed by atoms with Crippen LogP contribution in [0.3, 0.4) is 0 Å². The highest BCUT2D eigenvalue weighted by molar-refractivity contribution is 5.32. The van der Waals surface area contributed by atoms with E-state index in [4.69, 9.17) is 9.90 Å². The van der Waals surface area contributed by atoms with Crippen LogP contribution < -0.4 is 6.15 Å². The van der Waals surface area contributed by atoms with Crippen molar-refractivity contribution in [1.82, 2.24) is 11.1 Å². The van der Waals surface area contributed by atoms with Crippen LogP contribution in [0.15, 0.2) is 0 Å². The Bertz CT molecular complexity index is 36.3. The molecule has 0 aromatic rings. The van der Waals surface area contributed by atoms with E-state index in [-0.39, 0.29) is 12.6 Å². The van der Waals surface area contributed by atoms with E-state index in [9.17, 15) is 0 Å². The molecule has 0 saturated heterocycles. The molecule has 0 spiro atoms. The van der Waals surface area contributed by atoms with E-state index in [1.807, 2.05) is 26.0 Å². The lowest BCUT2D eigenvalue weighted by Crippen LogP contribution is -1.99. The molecule has 0 rings (SSSR count). The van der Waals surface area contributed by atoms with Gasteiger partial charge in [0.25, 0.3) is 6.47 Å². The van der Waals surface area contributed by atoms with Crippen molar-refractivity contribution in [3.8, 4) is 0 Å². The zero-order chi connectivity index (χ0) is 6.28. The molecule has 0 aliphatic heterocycles. The van der Waals surface area contributed by atoms with Crippen LogP contribution in [0.2, 0.25) is 0 Å². The van der Waals surface area contributed by atoms with Gasteiger partial charge < -0.3 is 16.2 Å². The molecule has 0 aromatic carbocycles. The lowest BCUT2D eigenvalue weighted by Gasteiger charge is -1.90. The normalized spacial score (nSPS) is 6.00. The van der Waals surface area contributed by atoms with Gasteiger partial charge in [-0.05, 0) is 21.1 Å². The number of carbonyl (C=O) groups is 1. The predicted molar refractivity (Wildman–Crippen MR) is 33.3 cm³/mol. The minimum Gasteiger partial charge on any atom is -0.483 e. The highest BCUT2D eigenvalue weighted by Gasteiger charge is 1.58. The van der Waals surface area contributed by atoms with Gasteiger partial charge in [-0.25, -0.2) is 0 Å². The summed E-state index contributed by atoms with van der Waals surface area (Å²) in [6, 6.07) is 0. The molecule has 0 unspecified atom stereocenters. The Morgan fingerprint density at radius 1 is 1.38 bits per heavy atom. The van der Waals surface area contributed by atoms with Gasteiger partial charge in [0.1, 0.15) is 0 Å². The molecule has 0 radical (unpaired) electrons. The summed E-state index contributed by atoms with van der Waals surface area (Å²) < 4.78 is 0. The first-order valence-corrected chi connectivity index (χ1v) is 1.84. The molecule has 0 aromatic heterocycles. The second-order valence-electron chi connectivity index (χ2n) is 1.45. The summed E-state index contributed by atoms with van der Waals surface area (Å²) in [5.41, 5.74) is 0. The second kappa shape index (κ2) is 16.2. The lowest BCUT2D eigenvalue weighted by molar-refractivity contribution is -0.122. The van der Waals surface area contributed by atoms with E-state index in [1.165, 1.54) is 0 Å². The second-order valence-corrected chi connectivity index (χ2v) is 1.45. The minimum absolute atomic E-state index is 0. The van der Waals surface area contributed by atoms with Crippen molar-refractivity contribution in [2.45, 2.75) is 0 Å². The van der Waals surface area contributed by atoms with E-state index < -0.39 is 0 Å². The number of hydrogen-bond donors (Lipinski definition) is 2. The van der Waals surface area contributed by atoms with Gasteiger partial charge in [-0.15, -0.1) is 0 Å². The van der Waals surface area contributed by atoms with Crippen molar-refractivity contribution in [3.05, 3.63) is 0 Å². The van der Waals surface area contributed by atoms with E-state index in [0.29, 0.717) is 0 Å². The Labute approximate surface area is 49.7 Å². The average molecular weight is 122 g/mol. The largest absolute Gasteiger partial charge is 0.483 e. The number of hydrogen-bond acceptors (Lipinski definition) is 3. The summed E-state index contributed by atoms with van der Waals surface area (Å²) in [6.45, 7) is -0.250. The van der Waals surface area contributed by atoms with Gasteiger partial charge >= 0.3 is 0 Å². The molecule has 0 aliphatic rings. The summed E-state index contributed by atoms with van der Waals surface area (Å²) in [5, 5.41) is 6.89. The molecular weight excluding hydrogens is 108 g/mol. The van der Waals surface area contributed by atoms with Gasteiger partial charge in [-0.2, -0.15) is 0 Å². The van der Waals surface area contributed by atoms with Crippen molar-refractivity contribution in [2.75, 3.05) is 21.1 Å². The molecule has 0 saturated carbocycles. The minimum atomic E-state index is -0.250. The summed E-state index contributed by atoms with van der Waals surface area (Å²) in [7, 11) is 6.00. The molecule has 0 bridgehead atoms. The first kappa shape index (κ1) is 15.7. The Morgan fingerprint density at radius 2 is 1.38 bits per heavy atom. The van der Waals surface area contributed by atoms with Crippen LogP contribution >= 0.6 is 0 Å². The van der Waals surface area contributed by atoms with Gasteiger partial charge in [0.15, 0.2) is 0 Å². The van der Waals surface area contributed by atoms with Crippen molar-refractivity contribution >= 4 is 6.47 Å². The molecule has 8 heavy (non-hydrogen) atoms. The molecular formula is C4H14N2O2. The number of carboxylic acid groups (broad SMARTS) is 1. The summed E-state index contributed by atoms with van der Waals surface area (Å²) in [5.74, 6) is 0. The molecule has 4 heteroatoms. The molecule has 0 amide bonds. The third-order valence-corrected chi connectivity index (χ3v) is 0. The summed E-state index contributed by atoms with van der Waals surface area (Å²) in [6.07, 6.45) is 0. The van der Waals surface area contributed by atoms with Crippen molar-refractivity contribution < 1.29 is 9.90 Å². The smallest absolute Gasteiger partial charge is 0.290 e. The van der Waals surface area contributed by atoms with Crippen LogP contribution in [-0.4, -0.2) is 37.6 Å². The molecule has 0 heterocycles.